The fourth-order valence-electron chi connectivity index (χ4n) is 3.35. The zero-order valence-corrected chi connectivity index (χ0v) is 15.0. The summed E-state index contributed by atoms with van der Waals surface area (Å²) >= 11 is 0. The number of hydrogen-bond acceptors (Lipinski definition) is 1. The van der Waals surface area contributed by atoms with Gasteiger partial charge in [-0.2, -0.15) is 0 Å². The third-order valence-electron chi connectivity index (χ3n) is 4.62. The SMILES string of the molecule is [C-]#[N+]c1cccc(-c2ccc(-c3c([N+]#[C-])c(CC)n(C)c3C(=O)O)cc2)c1. The lowest BCUT2D eigenvalue weighted by molar-refractivity contribution is 0.0687. The van der Waals surface area contributed by atoms with Gasteiger partial charge in [0.1, 0.15) is 5.69 Å². The van der Waals surface area contributed by atoms with Crippen molar-refractivity contribution in [3.63, 3.8) is 0 Å². The molecule has 0 spiro atoms. The molecule has 0 atom stereocenters. The Balaban J connectivity index is 2.15. The van der Waals surface area contributed by atoms with Crippen LogP contribution in [0.4, 0.5) is 11.4 Å². The normalized spacial score (nSPS) is 10.2. The fraction of sp³-hybridized carbons (Fsp3) is 0.136. The van der Waals surface area contributed by atoms with Crippen LogP contribution in [0.3, 0.4) is 0 Å². The molecule has 0 aliphatic rings. The fourth-order valence-corrected chi connectivity index (χ4v) is 3.35. The molecule has 0 aliphatic heterocycles. The second-order valence-corrected chi connectivity index (χ2v) is 6.09. The summed E-state index contributed by atoms with van der Waals surface area (Å²) in [5.74, 6) is -1.05. The van der Waals surface area contributed by atoms with Gasteiger partial charge in [0.05, 0.1) is 13.1 Å². The number of carbonyl (C=O) groups is 1. The van der Waals surface area contributed by atoms with Gasteiger partial charge in [-0.25, -0.2) is 14.5 Å². The molecule has 0 aliphatic carbocycles. The van der Waals surface area contributed by atoms with Gasteiger partial charge in [-0.3, -0.25) is 0 Å². The monoisotopic (exact) mass is 355 g/mol. The first-order valence-electron chi connectivity index (χ1n) is 8.42. The van der Waals surface area contributed by atoms with Crippen molar-refractivity contribution in [3.05, 3.63) is 82.8 Å². The zero-order chi connectivity index (χ0) is 19.6. The number of aromatic nitrogens is 1. The molecular weight excluding hydrogens is 338 g/mol. The molecule has 0 saturated heterocycles. The van der Waals surface area contributed by atoms with E-state index in [1.54, 1.807) is 17.7 Å². The molecule has 132 valence electrons. The Morgan fingerprint density at radius 2 is 1.70 bits per heavy atom. The Kier molecular flexibility index (Phi) is 4.79. The van der Waals surface area contributed by atoms with Crippen molar-refractivity contribution in [1.82, 2.24) is 4.57 Å². The molecular formula is C22H17N3O2. The van der Waals surface area contributed by atoms with Crippen LogP contribution in [-0.2, 0) is 13.5 Å². The van der Waals surface area contributed by atoms with Gasteiger partial charge in [-0.15, -0.1) is 0 Å². The molecule has 0 radical (unpaired) electrons. The Labute approximate surface area is 157 Å². The summed E-state index contributed by atoms with van der Waals surface area (Å²) in [6.07, 6.45) is 0.579. The highest BCUT2D eigenvalue weighted by Crippen LogP contribution is 2.40. The van der Waals surface area contributed by atoms with E-state index < -0.39 is 5.97 Å². The third-order valence-corrected chi connectivity index (χ3v) is 4.62. The largest absolute Gasteiger partial charge is 0.477 e. The van der Waals surface area contributed by atoms with Crippen molar-refractivity contribution in [2.24, 2.45) is 7.05 Å². The van der Waals surface area contributed by atoms with Gasteiger partial charge in [0.15, 0.2) is 5.69 Å². The number of rotatable bonds is 4. The first-order chi connectivity index (χ1) is 13.0. The van der Waals surface area contributed by atoms with Gasteiger partial charge >= 0.3 is 5.97 Å². The van der Waals surface area contributed by atoms with Crippen LogP contribution in [0.25, 0.3) is 31.9 Å². The van der Waals surface area contributed by atoms with Crippen LogP contribution in [0.1, 0.15) is 23.1 Å². The van der Waals surface area contributed by atoms with Crippen molar-refractivity contribution in [2.75, 3.05) is 0 Å². The van der Waals surface area contributed by atoms with E-state index in [9.17, 15) is 9.90 Å². The molecule has 0 amide bonds. The molecule has 1 heterocycles. The highest BCUT2D eigenvalue weighted by molar-refractivity contribution is 6.00. The maximum Gasteiger partial charge on any atom is 0.351 e. The first kappa shape index (κ1) is 18.0. The predicted molar refractivity (Wildman–Crippen MR) is 105 cm³/mol. The molecule has 27 heavy (non-hydrogen) atoms. The molecule has 3 aromatic rings. The Hall–Kier alpha value is -3.83. The maximum atomic E-state index is 11.8. The first-order valence-corrected chi connectivity index (χ1v) is 8.42. The number of nitrogens with zero attached hydrogens (tertiary/aromatic N) is 3. The van der Waals surface area contributed by atoms with Crippen molar-refractivity contribution in [3.8, 4) is 22.3 Å². The average molecular weight is 355 g/mol. The van der Waals surface area contributed by atoms with Gasteiger partial charge in [-0.1, -0.05) is 49.4 Å². The van der Waals surface area contributed by atoms with Gasteiger partial charge in [0.25, 0.3) is 0 Å². The number of carboxylic acid groups (broad SMARTS) is 1. The Bertz CT molecular complexity index is 1110. The van der Waals surface area contributed by atoms with Crippen LogP contribution in [0.5, 0.6) is 0 Å². The highest BCUT2D eigenvalue weighted by atomic mass is 16.4. The van der Waals surface area contributed by atoms with Gasteiger partial charge in [-0.05, 0) is 29.2 Å². The number of carboxylic acids is 1. The summed E-state index contributed by atoms with van der Waals surface area (Å²) in [4.78, 5) is 18.9. The van der Waals surface area contributed by atoms with E-state index in [1.807, 2.05) is 49.4 Å². The Morgan fingerprint density at radius 3 is 2.26 bits per heavy atom. The minimum Gasteiger partial charge on any atom is -0.477 e. The molecule has 2 aromatic carbocycles. The van der Waals surface area contributed by atoms with E-state index in [0.29, 0.717) is 34.6 Å². The second kappa shape index (κ2) is 7.19. The molecule has 5 heteroatoms. The molecule has 1 N–H and O–H groups in total. The second-order valence-electron chi connectivity index (χ2n) is 6.09. The molecule has 1 aromatic heterocycles. The van der Waals surface area contributed by atoms with E-state index in [1.165, 1.54) is 0 Å². The van der Waals surface area contributed by atoms with Crippen molar-refractivity contribution >= 4 is 17.3 Å². The topological polar surface area (TPSA) is 51.0 Å². The van der Waals surface area contributed by atoms with E-state index in [-0.39, 0.29) is 5.69 Å². The van der Waals surface area contributed by atoms with Gasteiger partial charge < -0.3 is 9.67 Å². The molecule has 5 nitrogen and oxygen atoms in total. The standard InChI is InChI=1S/C22H17N3O2/c1-5-18-20(24-3)19(21(22(26)27)25(18)4)15-11-9-14(10-12-15)16-7-6-8-17(13-16)23-2/h6-13H,5H2,1,4H3,(H,26,27). The third kappa shape index (κ3) is 3.07. The average Bonchev–Trinajstić information content (AvgIpc) is 2.99. The number of benzene rings is 2. The number of hydrogen-bond donors (Lipinski definition) is 1. The van der Waals surface area contributed by atoms with Crippen LogP contribution in [0.2, 0.25) is 0 Å². The van der Waals surface area contributed by atoms with E-state index in [4.69, 9.17) is 13.1 Å². The molecule has 0 unspecified atom stereocenters. The van der Waals surface area contributed by atoms with Gasteiger partial charge in [0, 0.05) is 18.3 Å². The quantitative estimate of drug-likeness (QED) is 0.608. The lowest BCUT2D eigenvalue weighted by Gasteiger charge is -2.07. The lowest BCUT2D eigenvalue weighted by atomic mass is 9.99. The van der Waals surface area contributed by atoms with Gasteiger partial charge in [0.2, 0.25) is 5.69 Å². The Morgan fingerprint density at radius 1 is 1.04 bits per heavy atom. The summed E-state index contributed by atoms with van der Waals surface area (Å²) in [6.45, 7) is 16.6. The van der Waals surface area contributed by atoms with Crippen molar-refractivity contribution < 1.29 is 9.90 Å². The maximum absolute atomic E-state index is 11.8. The smallest absolute Gasteiger partial charge is 0.351 e. The predicted octanol–water partition coefficient (Wildman–Crippen LogP) is 5.72. The summed E-state index contributed by atoms with van der Waals surface area (Å²) in [5.41, 5.74) is 4.79. The van der Waals surface area contributed by atoms with Crippen LogP contribution in [0.15, 0.2) is 48.5 Å². The zero-order valence-electron chi connectivity index (χ0n) is 15.0. The molecule has 0 bridgehead atoms. The minimum absolute atomic E-state index is 0.126. The van der Waals surface area contributed by atoms with Crippen LogP contribution >= 0.6 is 0 Å². The van der Waals surface area contributed by atoms with E-state index in [0.717, 1.165) is 11.1 Å². The summed E-state index contributed by atoms with van der Waals surface area (Å²) in [6, 6.07) is 14.8. The van der Waals surface area contributed by atoms with E-state index >= 15 is 0 Å². The summed E-state index contributed by atoms with van der Waals surface area (Å²) < 4.78 is 1.60. The molecule has 3 rings (SSSR count). The molecule has 0 fully saturated rings. The number of aromatic carboxylic acids is 1. The van der Waals surface area contributed by atoms with Crippen molar-refractivity contribution in [2.45, 2.75) is 13.3 Å². The molecule has 0 saturated carbocycles. The summed E-state index contributed by atoms with van der Waals surface area (Å²) in [7, 11) is 1.69. The van der Waals surface area contributed by atoms with Crippen LogP contribution < -0.4 is 0 Å². The van der Waals surface area contributed by atoms with Crippen molar-refractivity contribution in [1.29, 1.82) is 0 Å². The summed E-state index contributed by atoms with van der Waals surface area (Å²) in [5, 5.41) is 9.68. The van der Waals surface area contributed by atoms with Crippen LogP contribution in [-0.4, -0.2) is 15.6 Å². The highest BCUT2D eigenvalue weighted by Gasteiger charge is 2.25. The lowest BCUT2D eigenvalue weighted by Crippen LogP contribution is -2.07. The minimum atomic E-state index is -1.05. The van der Waals surface area contributed by atoms with Crippen LogP contribution in [0, 0.1) is 13.1 Å². The van der Waals surface area contributed by atoms with E-state index in [2.05, 4.69) is 9.69 Å².